The summed E-state index contributed by atoms with van der Waals surface area (Å²) in [6, 6.07) is 9.98. The maximum atomic E-state index is 12.5. The number of aromatic amines is 1. The van der Waals surface area contributed by atoms with Crippen LogP contribution in [0.3, 0.4) is 0 Å². The van der Waals surface area contributed by atoms with Crippen LogP contribution in [0.15, 0.2) is 46.0 Å². The van der Waals surface area contributed by atoms with Gasteiger partial charge in [-0.3, -0.25) is 9.36 Å². The number of ether oxygens (including phenoxy) is 3. The molecule has 0 radical (unpaired) electrons. The zero-order chi connectivity index (χ0) is 21.0. The van der Waals surface area contributed by atoms with Crippen molar-refractivity contribution in [1.29, 1.82) is 0 Å². The highest BCUT2D eigenvalue weighted by Gasteiger charge is 2.15. The van der Waals surface area contributed by atoms with Gasteiger partial charge in [0.2, 0.25) is 0 Å². The van der Waals surface area contributed by atoms with Gasteiger partial charge >= 0.3 is 11.7 Å². The Morgan fingerprint density at radius 3 is 2.38 bits per heavy atom. The van der Waals surface area contributed by atoms with Gasteiger partial charge in [0.25, 0.3) is 5.56 Å². The van der Waals surface area contributed by atoms with E-state index in [1.807, 2.05) is 6.92 Å². The number of methoxy groups -OCH3 is 2. The van der Waals surface area contributed by atoms with E-state index in [9.17, 15) is 14.4 Å². The normalized spacial score (nSPS) is 10.7. The number of carbonyl (C=O) groups is 1. The van der Waals surface area contributed by atoms with Crippen LogP contribution in [0.5, 0.6) is 11.5 Å². The summed E-state index contributed by atoms with van der Waals surface area (Å²) in [5.41, 5.74) is 0.704. The van der Waals surface area contributed by atoms with E-state index in [1.54, 1.807) is 36.4 Å². The Hall–Kier alpha value is -3.55. The molecule has 0 atom stereocenters. The van der Waals surface area contributed by atoms with Crippen molar-refractivity contribution in [3.8, 4) is 11.5 Å². The van der Waals surface area contributed by atoms with Crippen molar-refractivity contribution in [3.63, 3.8) is 0 Å². The van der Waals surface area contributed by atoms with Gasteiger partial charge in [-0.25, -0.2) is 9.59 Å². The van der Waals surface area contributed by atoms with Gasteiger partial charge in [-0.2, -0.15) is 0 Å². The minimum absolute atomic E-state index is 0.0516. The second-order valence-corrected chi connectivity index (χ2v) is 6.43. The van der Waals surface area contributed by atoms with Crippen molar-refractivity contribution >= 4 is 16.9 Å². The zero-order valence-electron chi connectivity index (χ0n) is 16.5. The SMILES string of the molecule is COc1cc(C(=O)OCCCn2c(=O)[nH]c3ccccc3c2=O)cc(OC)c1C. The van der Waals surface area contributed by atoms with Crippen molar-refractivity contribution in [3.05, 3.63) is 68.4 Å². The summed E-state index contributed by atoms with van der Waals surface area (Å²) in [5, 5.41) is 0.433. The minimum Gasteiger partial charge on any atom is -0.496 e. The van der Waals surface area contributed by atoms with Gasteiger partial charge in [0, 0.05) is 12.1 Å². The van der Waals surface area contributed by atoms with Crippen LogP contribution in [-0.4, -0.2) is 36.3 Å². The number of aromatic nitrogens is 2. The first kappa shape index (κ1) is 20.2. The van der Waals surface area contributed by atoms with Crippen molar-refractivity contribution in [2.24, 2.45) is 0 Å². The summed E-state index contributed by atoms with van der Waals surface area (Å²) in [5.74, 6) is 0.498. The number of benzene rings is 2. The van der Waals surface area contributed by atoms with Crippen LogP contribution in [0.4, 0.5) is 0 Å². The average molecular weight is 398 g/mol. The third kappa shape index (κ3) is 4.16. The number of nitrogens with one attached hydrogen (secondary N) is 1. The van der Waals surface area contributed by atoms with E-state index in [0.717, 1.165) is 10.1 Å². The van der Waals surface area contributed by atoms with E-state index in [4.69, 9.17) is 14.2 Å². The van der Waals surface area contributed by atoms with E-state index < -0.39 is 11.7 Å². The molecule has 0 amide bonds. The number of carbonyl (C=O) groups excluding carboxylic acids is 1. The van der Waals surface area contributed by atoms with Crippen LogP contribution in [0.25, 0.3) is 10.9 Å². The fourth-order valence-electron chi connectivity index (χ4n) is 3.08. The number of H-pyrrole nitrogens is 1. The Morgan fingerprint density at radius 1 is 1.07 bits per heavy atom. The summed E-state index contributed by atoms with van der Waals surface area (Å²) >= 11 is 0. The Morgan fingerprint density at radius 2 is 1.72 bits per heavy atom. The molecule has 1 N–H and O–H groups in total. The molecule has 152 valence electrons. The maximum absolute atomic E-state index is 12.5. The topological polar surface area (TPSA) is 99.6 Å². The predicted molar refractivity (Wildman–Crippen MR) is 108 cm³/mol. The van der Waals surface area contributed by atoms with Gasteiger partial charge in [-0.1, -0.05) is 12.1 Å². The molecule has 0 saturated carbocycles. The highest BCUT2D eigenvalue weighted by molar-refractivity contribution is 5.90. The molecule has 0 fully saturated rings. The molecule has 8 heteroatoms. The Bertz CT molecular complexity index is 1140. The molecule has 0 aliphatic carbocycles. The van der Waals surface area contributed by atoms with Gasteiger partial charge < -0.3 is 19.2 Å². The lowest BCUT2D eigenvalue weighted by atomic mass is 10.1. The van der Waals surface area contributed by atoms with E-state index in [1.165, 1.54) is 14.2 Å². The van der Waals surface area contributed by atoms with Crippen molar-refractivity contribution in [2.75, 3.05) is 20.8 Å². The number of nitrogens with zero attached hydrogens (tertiary/aromatic N) is 1. The number of esters is 1. The van der Waals surface area contributed by atoms with E-state index in [0.29, 0.717) is 34.4 Å². The van der Waals surface area contributed by atoms with Crippen LogP contribution in [-0.2, 0) is 11.3 Å². The van der Waals surface area contributed by atoms with Crippen molar-refractivity contribution in [2.45, 2.75) is 19.9 Å². The van der Waals surface area contributed by atoms with Crippen LogP contribution >= 0.6 is 0 Å². The number of hydrogen-bond acceptors (Lipinski definition) is 6. The molecule has 8 nitrogen and oxygen atoms in total. The molecule has 2 aromatic carbocycles. The Balaban J connectivity index is 1.67. The third-order valence-electron chi connectivity index (χ3n) is 4.64. The van der Waals surface area contributed by atoms with Gasteiger partial charge in [0.1, 0.15) is 11.5 Å². The van der Waals surface area contributed by atoms with Crippen LogP contribution in [0.2, 0.25) is 0 Å². The minimum atomic E-state index is -0.540. The highest BCUT2D eigenvalue weighted by Crippen LogP contribution is 2.29. The number of para-hydroxylation sites is 1. The molecule has 3 rings (SSSR count). The fraction of sp³-hybridized carbons (Fsp3) is 0.286. The monoisotopic (exact) mass is 398 g/mol. The number of fused-ring (bicyclic) bond motifs is 1. The van der Waals surface area contributed by atoms with Crippen LogP contribution in [0.1, 0.15) is 22.3 Å². The molecule has 0 aliphatic rings. The summed E-state index contributed by atoms with van der Waals surface area (Å²) in [7, 11) is 3.02. The second-order valence-electron chi connectivity index (χ2n) is 6.43. The summed E-state index contributed by atoms with van der Waals surface area (Å²) in [4.78, 5) is 39.6. The van der Waals surface area contributed by atoms with Crippen LogP contribution < -0.4 is 20.7 Å². The van der Waals surface area contributed by atoms with Gasteiger partial charge in [-0.05, 0) is 37.6 Å². The van der Waals surface area contributed by atoms with Crippen LogP contribution in [0, 0.1) is 6.92 Å². The smallest absolute Gasteiger partial charge is 0.338 e. The Kier molecular flexibility index (Phi) is 6.01. The predicted octanol–water partition coefficient (Wildman–Crippen LogP) is 2.26. The molecule has 0 bridgehead atoms. The largest absolute Gasteiger partial charge is 0.496 e. The average Bonchev–Trinajstić information content (AvgIpc) is 2.73. The lowest BCUT2D eigenvalue weighted by molar-refractivity contribution is 0.0494. The molecule has 1 aromatic heterocycles. The molecule has 29 heavy (non-hydrogen) atoms. The number of hydrogen-bond donors (Lipinski definition) is 1. The standard InChI is InChI=1S/C21H22N2O6/c1-13-17(27-2)11-14(12-18(13)28-3)20(25)29-10-6-9-23-19(24)15-7-4-5-8-16(15)22-21(23)26/h4-5,7-8,11-12H,6,9-10H2,1-3H3,(H,22,26). The first-order chi connectivity index (χ1) is 14.0. The van der Waals surface area contributed by atoms with Gasteiger partial charge in [0.15, 0.2) is 0 Å². The van der Waals surface area contributed by atoms with Crippen molar-refractivity contribution in [1.82, 2.24) is 9.55 Å². The summed E-state index contributed by atoms with van der Waals surface area (Å²) < 4.78 is 16.9. The highest BCUT2D eigenvalue weighted by atomic mass is 16.5. The lowest BCUT2D eigenvalue weighted by Gasteiger charge is -2.12. The molecule has 3 aromatic rings. The zero-order valence-corrected chi connectivity index (χ0v) is 16.5. The quantitative estimate of drug-likeness (QED) is 0.484. The second kappa shape index (κ2) is 8.64. The molecular formula is C21H22N2O6. The Labute approximate surface area is 166 Å². The molecular weight excluding hydrogens is 376 g/mol. The fourth-order valence-corrected chi connectivity index (χ4v) is 3.08. The van der Waals surface area contributed by atoms with Gasteiger partial charge in [-0.15, -0.1) is 0 Å². The molecule has 0 spiro atoms. The van der Waals surface area contributed by atoms with E-state index >= 15 is 0 Å². The summed E-state index contributed by atoms with van der Waals surface area (Å²) in [6.45, 7) is 2.01. The molecule has 0 unspecified atom stereocenters. The summed E-state index contributed by atoms with van der Waals surface area (Å²) in [6.07, 6.45) is 0.313. The van der Waals surface area contributed by atoms with Gasteiger partial charge in [0.05, 0.1) is 37.3 Å². The van der Waals surface area contributed by atoms with E-state index in [-0.39, 0.29) is 18.7 Å². The maximum Gasteiger partial charge on any atom is 0.338 e. The first-order valence-electron chi connectivity index (χ1n) is 9.08. The third-order valence-corrected chi connectivity index (χ3v) is 4.64. The number of rotatable bonds is 7. The molecule has 1 heterocycles. The van der Waals surface area contributed by atoms with E-state index in [2.05, 4.69) is 4.98 Å². The molecule has 0 saturated heterocycles. The molecule has 0 aliphatic heterocycles. The first-order valence-corrected chi connectivity index (χ1v) is 9.08. The lowest BCUT2D eigenvalue weighted by Crippen LogP contribution is -2.35. The van der Waals surface area contributed by atoms with Crippen molar-refractivity contribution < 1.29 is 19.0 Å².